The minimum atomic E-state index is 1.07. The van der Waals surface area contributed by atoms with Crippen molar-refractivity contribution in [2.24, 2.45) is 0 Å². The van der Waals surface area contributed by atoms with E-state index < -0.39 is 0 Å². The number of para-hydroxylation sites is 3. The molecule has 2 nitrogen and oxygen atoms in total. The third-order valence-corrected chi connectivity index (χ3v) is 12.0. The fourth-order valence-corrected chi connectivity index (χ4v) is 9.21. The molecule has 1 aromatic heterocycles. The lowest BCUT2D eigenvalue weighted by molar-refractivity contribution is 1.18. The molecule has 0 saturated heterocycles. The van der Waals surface area contributed by atoms with Crippen molar-refractivity contribution in [1.82, 2.24) is 4.57 Å². The van der Waals surface area contributed by atoms with Crippen LogP contribution in [0.4, 0.5) is 17.1 Å². The summed E-state index contributed by atoms with van der Waals surface area (Å²) in [5.74, 6) is 0. The molecule has 0 aliphatic carbocycles. The molecule has 0 unspecified atom stereocenters. The van der Waals surface area contributed by atoms with Crippen LogP contribution in [0.25, 0.3) is 83.1 Å². The Morgan fingerprint density at radius 2 is 0.790 bits per heavy atom. The van der Waals surface area contributed by atoms with E-state index in [4.69, 9.17) is 0 Å². The van der Waals surface area contributed by atoms with E-state index >= 15 is 0 Å². The van der Waals surface area contributed by atoms with E-state index in [2.05, 4.69) is 264 Å². The Morgan fingerprint density at radius 1 is 0.290 bits per heavy atom. The van der Waals surface area contributed by atoms with Gasteiger partial charge < -0.3 is 9.47 Å². The summed E-state index contributed by atoms with van der Waals surface area (Å²) in [5, 5.41) is 2.49. The number of hydrogen-bond donors (Lipinski definition) is 0. The largest absolute Gasteiger partial charge is 0.310 e. The summed E-state index contributed by atoms with van der Waals surface area (Å²) in [4.78, 5) is 2.45. The first kappa shape index (κ1) is 36.8. The molecule has 0 atom stereocenters. The van der Waals surface area contributed by atoms with Crippen LogP contribution in [0.5, 0.6) is 0 Å². The zero-order chi connectivity index (χ0) is 41.2. The van der Waals surface area contributed by atoms with E-state index in [9.17, 15) is 0 Å². The van der Waals surface area contributed by atoms with Crippen LogP contribution in [0.1, 0.15) is 0 Å². The van der Waals surface area contributed by atoms with Gasteiger partial charge in [-0.05, 0) is 93.0 Å². The Morgan fingerprint density at radius 3 is 1.52 bits per heavy atom. The maximum Gasteiger partial charge on any atom is 0.0619 e. The summed E-state index contributed by atoms with van der Waals surface area (Å²) in [6, 6.07) is 92.1. The first-order valence-corrected chi connectivity index (χ1v) is 21.3. The Balaban J connectivity index is 1.15. The molecule has 0 amide bonds. The first-order chi connectivity index (χ1) is 30.8. The molecule has 2 heteroatoms. The summed E-state index contributed by atoms with van der Waals surface area (Å²) in [7, 11) is 0. The summed E-state index contributed by atoms with van der Waals surface area (Å²) >= 11 is 0. The topological polar surface area (TPSA) is 8.17 Å². The molecule has 292 valence electrons. The molecule has 0 saturated carbocycles. The van der Waals surface area contributed by atoms with Crippen molar-refractivity contribution >= 4 is 38.9 Å². The van der Waals surface area contributed by atoms with Gasteiger partial charge in [0.05, 0.1) is 16.7 Å². The van der Waals surface area contributed by atoms with Gasteiger partial charge in [0.1, 0.15) is 0 Å². The summed E-state index contributed by atoms with van der Waals surface area (Å²) in [5.41, 5.74) is 18.5. The van der Waals surface area contributed by atoms with Crippen molar-refractivity contribution in [2.45, 2.75) is 0 Å². The molecule has 10 aromatic carbocycles. The predicted molar refractivity (Wildman–Crippen MR) is 263 cm³/mol. The smallest absolute Gasteiger partial charge is 0.0619 e. The van der Waals surface area contributed by atoms with Crippen LogP contribution in [0, 0.1) is 0 Å². The minimum absolute atomic E-state index is 1.07. The first-order valence-electron chi connectivity index (χ1n) is 21.3. The van der Waals surface area contributed by atoms with Gasteiger partial charge in [0.25, 0.3) is 0 Å². The molecule has 0 spiro atoms. The molecule has 0 aliphatic rings. The van der Waals surface area contributed by atoms with Crippen molar-refractivity contribution in [3.8, 4) is 61.3 Å². The molecule has 0 N–H and O–H groups in total. The van der Waals surface area contributed by atoms with Gasteiger partial charge in [0.2, 0.25) is 0 Å². The van der Waals surface area contributed by atoms with Crippen LogP contribution in [0.3, 0.4) is 0 Å². The number of anilines is 3. The van der Waals surface area contributed by atoms with Gasteiger partial charge >= 0.3 is 0 Å². The van der Waals surface area contributed by atoms with Gasteiger partial charge in [-0.3, -0.25) is 0 Å². The minimum Gasteiger partial charge on any atom is -0.310 e. The quantitative estimate of drug-likeness (QED) is 0.141. The number of rotatable bonds is 9. The van der Waals surface area contributed by atoms with Crippen LogP contribution in [-0.2, 0) is 0 Å². The Kier molecular flexibility index (Phi) is 9.57. The molecule has 0 radical (unpaired) electrons. The fraction of sp³-hybridized carbons (Fsp3) is 0. The van der Waals surface area contributed by atoms with Crippen LogP contribution in [-0.4, -0.2) is 4.57 Å². The standard InChI is InChI=1S/C60H42N2/c1-5-20-43(21-6-1)47-26-17-29-50(42-47)61(58-37-19-33-52(45-24-9-3-10-25-45)59(58)55-32-14-13-30-51(55)44-22-7-2-8-23-44)49-40-38-46(39-41-49)53-34-18-35-56-54-31-15-16-36-57(54)62(60(53)56)48-27-11-4-12-28-48/h1-42H. The summed E-state index contributed by atoms with van der Waals surface area (Å²) < 4.78 is 2.42. The zero-order valence-electron chi connectivity index (χ0n) is 34.1. The average molecular weight is 791 g/mol. The van der Waals surface area contributed by atoms with E-state index in [1.165, 1.54) is 66.3 Å². The lowest BCUT2D eigenvalue weighted by Crippen LogP contribution is -2.12. The number of nitrogens with zero attached hydrogens (tertiary/aromatic N) is 2. The van der Waals surface area contributed by atoms with E-state index in [-0.39, 0.29) is 0 Å². The highest BCUT2D eigenvalue weighted by molar-refractivity contribution is 6.14. The zero-order valence-corrected chi connectivity index (χ0v) is 34.1. The lowest BCUT2D eigenvalue weighted by atomic mass is 9.87. The third-order valence-electron chi connectivity index (χ3n) is 12.0. The molecule has 1 heterocycles. The van der Waals surface area contributed by atoms with E-state index in [1.54, 1.807) is 0 Å². The average Bonchev–Trinajstić information content (AvgIpc) is 3.70. The van der Waals surface area contributed by atoms with Gasteiger partial charge in [-0.15, -0.1) is 0 Å². The van der Waals surface area contributed by atoms with Crippen LogP contribution in [0.2, 0.25) is 0 Å². The monoisotopic (exact) mass is 790 g/mol. The highest BCUT2D eigenvalue weighted by Gasteiger charge is 2.24. The Hall–Kier alpha value is -8.20. The molecular formula is C60H42N2. The second-order valence-electron chi connectivity index (χ2n) is 15.7. The lowest BCUT2D eigenvalue weighted by Gasteiger charge is -2.30. The van der Waals surface area contributed by atoms with E-state index in [0.29, 0.717) is 0 Å². The van der Waals surface area contributed by atoms with Crippen molar-refractivity contribution < 1.29 is 0 Å². The van der Waals surface area contributed by atoms with Crippen LogP contribution in [0.15, 0.2) is 255 Å². The molecule has 11 rings (SSSR count). The normalized spacial score (nSPS) is 11.2. The molecular weight excluding hydrogens is 749 g/mol. The van der Waals surface area contributed by atoms with Gasteiger partial charge in [0, 0.05) is 39.0 Å². The number of aromatic nitrogens is 1. The van der Waals surface area contributed by atoms with Gasteiger partial charge in [0.15, 0.2) is 0 Å². The van der Waals surface area contributed by atoms with Gasteiger partial charge in [-0.2, -0.15) is 0 Å². The summed E-state index contributed by atoms with van der Waals surface area (Å²) in [6.07, 6.45) is 0. The number of fused-ring (bicyclic) bond motifs is 3. The third kappa shape index (κ3) is 6.65. The number of benzene rings is 10. The van der Waals surface area contributed by atoms with Crippen LogP contribution < -0.4 is 4.90 Å². The molecule has 62 heavy (non-hydrogen) atoms. The van der Waals surface area contributed by atoms with Crippen molar-refractivity contribution in [3.05, 3.63) is 255 Å². The van der Waals surface area contributed by atoms with Crippen molar-refractivity contribution in [2.75, 3.05) is 4.90 Å². The van der Waals surface area contributed by atoms with Gasteiger partial charge in [-0.25, -0.2) is 0 Å². The van der Waals surface area contributed by atoms with E-state index in [1.807, 2.05) is 0 Å². The fourth-order valence-electron chi connectivity index (χ4n) is 9.21. The Bertz CT molecular complexity index is 3310. The van der Waals surface area contributed by atoms with E-state index in [0.717, 1.165) is 33.9 Å². The van der Waals surface area contributed by atoms with Gasteiger partial charge in [-0.1, -0.05) is 206 Å². The maximum atomic E-state index is 2.45. The molecule has 0 fully saturated rings. The second kappa shape index (κ2) is 16.1. The Labute approximate surface area is 362 Å². The predicted octanol–water partition coefficient (Wildman–Crippen LogP) is 16.6. The van der Waals surface area contributed by atoms with Crippen LogP contribution >= 0.6 is 0 Å². The molecule has 0 aliphatic heterocycles. The van der Waals surface area contributed by atoms with Crippen molar-refractivity contribution in [1.29, 1.82) is 0 Å². The maximum absolute atomic E-state index is 2.45. The SMILES string of the molecule is c1ccc(-c2cccc(N(c3ccc(-c4cccc5c6ccccc6n(-c6ccccc6)c45)cc3)c3cccc(-c4ccccc4)c3-c3ccccc3-c3ccccc3)c2)cc1. The molecule has 11 aromatic rings. The van der Waals surface area contributed by atoms with Crippen molar-refractivity contribution in [3.63, 3.8) is 0 Å². The summed E-state index contributed by atoms with van der Waals surface area (Å²) in [6.45, 7) is 0. The second-order valence-corrected chi connectivity index (χ2v) is 15.7. The highest BCUT2D eigenvalue weighted by Crippen LogP contribution is 2.49. The molecule has 0 bridgehead atoms. The number of hydrogen-bond acceptors (Lipinski definition) is 1. The highest BCUT2D eigenvalue weighted by atomic mass is 15.1.